The minimum atomic E-state index is -0.472. The normalized spacial score (nSPS) is 16.7. The first kappa shape index (κ1) is 15.9. The highest BCUT2D eigenvalue weighted by atomic mass is 16.5. The van der Waals surface area contributed by atoms with Gasteiger partial charge >= 0.3 is 0 Å². The van der Waals surface area contributed by atoms with E-state index in [-0.39, 0.29) is 6.61 Å². The highest BCUT2D eigenvalue weighted by molar-refractivity contribution is 5.43. The first-order chi connectivity index (χ1) is 10.2. The number of methoxy groups -OCH3 is 1. The largest absolute Gasteiger partial charge is 0.493 e. The molecule has 1 fully saturated rings. The number of aliphatic hydroxyl groups is 1. The number of ether oxygens (including phenoxy) is 2. The van der Waals surface area contributed by atoms with Crippen LogP contribution in [0.4, 0.5) is 0 Å². The molecule has 1 saturated heterocycles. The van der Waals surface area contributed by atoms with Crippen molar-refractivity contribution in [3.05, 3.63) is 36.4 Å². The summed E-state index contributed by atoms with van der Waals surface area (Å²) in [6, 6.07) is 5.83. The summed E-state index contributed by atoms with van der Waals surface area (Å²) in [5.41, 5.74) is 1.13. The van der Waals surface area contributed by atoms with Crippen LogP contribution in [0.3, 0.4) is 0 Å². The number of benzene rings is 1. The molecule has 0 saturated carbocycles. The molecule has 0 aromatic heterocycles. The molecule has 116 valence electrons. The summed E-state index contributed by atoms with van der Waals surface area (Å²) in [5, 5.41) is 10.1. The van der Waals surface area contributed by atoms with Crippen molar-refractivity contribution < 1.29 is 14.6 Å². The summed E-state index contributed by atoms with van der Waals surface area (Å²) >= 11 is 0. The average molecular weight is 291 g/mol. The van der Waals surface area contributed by atoms with E-state index in [2.05, 4.69) is 11.5 Å². The van der Waals surface area contributed by atoms with Crippen LogP contribution in [0.1, 0.15) is 18.4 Å². The molecule has 2 rings (SSSR count). The van der Waals surface area contributed by atoms with Gasteiger partial charge in [-0.15, -0.1) is 6.58 Å². The fraction of sp³-hybridized carbons (Fsp3) is 0.529. The van der Waals surface area contributed by atoms with E-state index in [4.69, 9.17) is 9.47 Å². The van der Waals surface area contributed by atoms with Crippen LogP contribution in [0.5, 0.6) is 11.5 Å². The van der Waals surface area contributed by atoms with Crippen LogP contribution in [0, 0.1) is 0 Å². The van der Waals surface area contributed by atoms with E-state index in [0.29, 0.717) is 18.0 Å². The van der Waals surface area contributed by atoms with Crippen LogP contribution in [0.2, 0.25) is 0 Å². The Morgan fingerprint density at radius 1 is 1.33 bits per heavy atom. The van der Waals surface area contributed by atoms with Crippen LogP contribution in [0.25, 0.3) is 0 Å². The highest BCUT2D eigenvalue weighted by Crippen LogP contribution is 2.28. The number of hydrogen-bond donors (Lipinski definition) is 1. The number of β-amino-alcohol motifs (C(OH)–C–C–N with tert-alkyl or cyclic N) is 1. The minimum absolute atomic E-state index is 0.285. The Hall–Kier alpha value is -1.52. The van der Waals surface area contributed by atoms with E-state index in [1.54, 1.807) is 7.11 Å². The predicted octanol–water partition coefficient (Wildman–Crippen LogP) is 2.26. The molecule has 21 heavy (non-hydrogen) atoms. The molecule has 0 amide bonds. The van der Waals surface area contributed by atoms with E-state index in [9.17, 15) is 5.11 Å². The van der Waals surface area contributed by atoms with Crippen LogP contribution in [-0.2, 0) is 6.42 Å². The molecule has 0 aliphatic carbocycles. The molecule has 1 unspecified atom stereocenters. The molecule has 0 spiro atoms. The molecular weight excluding hydrogens is 266 g/mol. The zero-order valence-corrected chi connectivity index (χ0v) is 12.8. The van der Waals surface area contributed by atoms with Crippen molar-refractivity contribution in [1.29, 1.82) is 0 Å². The maximum atomic E-state index is 10.1. The molecule has 0 bridgehead atoms. The Balaban J connectivity index is 1.87. The summed E-state index contributed by atoms with van der Waals surface area (Å²) < 4.78 is 11.1. The molecule has 1 aromatic carbocycles. The predicted molar refractivity (Wildman–Crippen MR) is 84.1 cm³/mol. The van der Waals surface area contributed by atoms with Gasteiger partial charge in [-0.3, -0.25) is 0 Å². The molecule has 1 N–H and O–H groups in total. The summed E-state index contributed by atoms with van der Waals surface area (Å²) in [7, 11) is 1.63. The molecule has 4 nitrogen and oxygen atoms in total. The number of nitrogens with zero attached hydrogens (tertiary/aromatic N) is 1. The number of allylic oxidation sites excluding steroid dienone is 1. The van der Waals surface area contributed by atoms with Gasteiger partial charge in [-0.25, -0.2) is 0 Å². The Morgan fingerprint density at radius 2 is 2.10 bits per heavy atom. The number of aliphatic hydroxyl groups excluding tert-OH is 1. The van der Waals surface area contributed by atoms with E-state index in [1.165, 1.54) is 12.8 Å². The second kappa shape index (κ2) is 8.05. The summed E-state index contributed by atoms with van der Waals surface area (Å²) in [6.45, 7) is 6.86. The fourth-order valence-corrected chi connectivity index (χ4v) is 2.63. The molecule has 1 aliphatic rings. The van der Waals surface area contributed by atoms with Crippen LogP contribution >= 0.6 is 0 Å². The van der Waals surface area contributed by atoms with E-state index in [0.717, 1.165) is 25.1 Å². The molecule has 1 aliphatic heterocycles. The van der Waals surface area contributed by atoms with E-state index >= 15 is 0 Å². The van der Waals surface area contributed by atoms with Gasteiger partial charge in [-0.2, -0.15) is 0 Å². The number of hydrogen-bond acceptors (Lipinski definition) is 4. The lowest BCUT2D eigenvalue weighted by atomic mass is 10.1. The Morgan fingerprint density at radius 3 is 2.76 bits per heavy atom. The van der Waals surface area contributed by atoms with Gasteiger partial charge in [0, 0.05) is 6.54 Å². The summed E-state index contributed by atoms with van der Waals surface area (Å²) in [6.07, 6.45) is 4.64. The van der Waals surface area contributed by atoms with Crippen molar-refractivity contribution in [1.82, 2.24) is 4.90 Å². The van der Waals surface area contributed by atoms with Crippen LogP contribution in [0.15, 0.2) is 30.9 Å². The smallest absolute Gasteiger partial charge is 0.161 e. The SMILES string of the molecule is C=CCc1ccc(OCC(O)CN2CCCC2)c(OC)c1. The van der Waals surface area contributed by atoms with Gasteiger partial charge in [0.05, 0.1) is 7.11 Å². The number of rotatable bonds is 8. The molecule has 1 atom stereocenters. The van der Waals surface area contributed by atoms with Crippen LogP contribution < -0.4 is 9.47 Å². The first-order valence-electron chi connectivity index (χ1n) is 7.54. The fourth-order valence-electron chi connectivity index (χ4n) is 2.63. The maximum Gasteiger partial charge on any atom is 0.161 e. The van der Waals surface area contributed by atoms with E-state index in [1.807, 2.05) is 24.3 Å². The van der Waals surface area contributed by atoms with Crippen molar-refractivity contribution >= 4 is 0 Å². The van der Waals surface area contributed by atoms with Crippen molar-refractivity contribution in [2.45, 2.75) is 25.4 Å². The lowest BCUT2D eigenvalue weighted by Crippen LogP contribution is -2.33. The average Bonchev–Trinajstić information content (AvgIpc) is 2.99. The molecule has 4 heteroatoms. The molecular formula is C17H25NO3. The maximum absolute atomic E-state index is 10.1. The minimum Gasteiger partial charge on any atom is -0.493 e. The zero-order chi connectivity index (χ0) is 15.1. The third-order valence-electron chi connectivity index (χ3n) is 3.71. The van der Waals surface area contributed by atoms with Gasteiger partial charge in [0.2, 0.25) is 0 Å². The van der Waals surface area contributed by atoms with E-state index < -0.39 is 6.10 Å². The lowest BCUT2D eigenvalue weighted by molar-refractivity contribution is 0.0747. The first-order valence-corrected chi connectivity index (χ1v) is 7.54. The number of likely N-dealkylation sites (tertiary alicyclic amines) is 1. The summed E-state index contributed by atoms with van der Waals surface area (Å²) in [5.74, 6) is 1.37. The van der Waals surface area contributed by atoms with Crippen molar-refractivity contribution in [2.24, 2.45) is 0 Å². The highest BCUT2D eigenvalue weighted by Gasteiger charge is 2.16. The van der Waals surface area contributed by atoms with Gasteiger partial charge in [-0.1, -0.05) is 12.1 Å². The van der Waals surface area contributed by atoms with Crippen molar-refractivity contribution in [2.75, 3.05) is 33.4 Å². The van der Waals surface area contributed by atoms with Gasteiger partial charge in [-0.05, 0) is 50.0 Å². The lowest BCUT2D eigenvalue weighted by Gasteiger charge is -2.20. The van der Waals surface area contributed by atoms with Gasteiger partial charge in [0.15, 0.2) is 11.5 Å². The molecule has 1 heterocycles. The van der Waals surface area contributed by atoms with Gasteiger partial charge in [0.1, 0.15) is 12.7 Å². The second-order valence-corrected chi connectivity index (χ2v) is 5.45. The topological polar surface area (TPSA) is 41.9 Å². The molecule has 1 aromatic rings. The zero-order valence-electron chi connectivity index (χ0n) is 12.8. The monoisotopic (exact) mass is 291 g/mol. The van der Waals surface area contributed by atoms with Crippen LogP contribution in [-0.4, -0.2) is 49.5 Å². The second-order valence-electron chi connectivity index (χ2n) is 5.45. The Labute approximate surface area is 127 Å². The van der Waals surface area contributed by atoms with Gasteiger partial charge < -0.3 is 19.5 Å². The quantitative estimate of drug-likeness (QED) is 0.746. The van der Waals surface area contributed by atoms with Crippen molar-refractivity contribution in [3.63, 3.8) is 0 Å². The molecule has 0 radical (unpaired) electrons. The standard InChI is InChI=1S/C17H25NO3/c1-3-6-14-7-8-16(17(11-14)20-2)21-13-15(19)12-18-9-4-5-10-18/h3,7-8,11,15,19H,1,4-6,9-10,12-13H2,2H3. The third kappa shape index (κ3) is 4.76. The van der Waals surface area contributed by atoms with Crippen molar-refractivity contribution in [3.8, 4) is 11.5 Å². The third-order valence-corrected chi connectivity index (χ3v) is 3.71. The summed E-state index contributed by atoms with van der Waals surface area (Å²) in [4.78, 5) is 2.28. The Kier molecular flexibility index (Phi) is 6.08. The van der Waals surface area contributed by atoms with Gasteiger partial charge in [0.25, 0.3) is 0 Å². The Bertz CT molecular complexity index is 455.